The van der Waals surface area contributed by atoms with Gasteiger partial charge in [0.15, 0.2) is 5.78 Å². The van der Waals surface area contributed by atoms with Crippen molar-refractivity contribution in [3.05, 3.63) is 24.3 Å². The maximum Gasteiger partial charge on any atom is 0.167 e. The van der Waals surface area contributed by atoms with E-state index in [2.05, 4.69) is 38.2 Å². The molecule has 4 N–H and O–H groups in total. The van der Waals surface area contributed by atoms with E-state index in [9.17, 15) is 9.59 Å². The number of unbranched alkanes of at least 4 members (excludes halogenated alkanes) is 22. The molecule has 0 radical (unpaired) electrons. The predicted molar refractivity (Wildman–Crippen MR) is 194 cm³/mol. The van der Waals surface area contributed by atoms with E-state index in [1.54, 1.807) is 0 Å². The number of rotatable bonds is 34. The van der Waals surface area contributed by atoms with Gasteiger partial charge in [-0.3, -0.25) is 9.59 Å². The Morgan fingerprint density at radius 3 is 1.16 bits per heavy atom. The topological polar surface area (TPSA) is 86.2 Å². The molecule has 1 unspecified atom stereocenters. The highest BCUT2D eigenvalue weighted by molar-refractivity contribution is 5.95. The van der Waals surface area contributed by atoms with E-state index >= 15 is 0 Å². The van der Waals surface area contributed by atoms with Crippen molar-refractivity contribution in [1.82, 2.24) is 0 Å². The van der Waals surface area contributed by atoms with Crippen molar-refractivity contribution in [3.63, 3.8) is 0 Å². The second kappa shape index (κ2) is 31.7. The SMILES string of the molecule is CCCCCCCCC=CCCCCCCCC(=O)C(CC)C(N)(N)C(=O)CCCCCCCC=CCCCCCCCC. The fourth-order valence-corrected chi connectivity index (χ4v) is 6.14. The van der Waals surface area contributed by atoms with Gasteiger partial charge in [-0.05, 0) is 70.6 Å². The van der Waals surface area contributed by atoms with Crippen LogP contribution in [0.5, 0.6) is 0 Å². The molecule has 0 aromatic heterocycles. The third-order valence-electron chi connectivity index (χ3n) is 9.21. The molecular formula is C40H76N2O2. The minimum Gasteiger partial charge on any atom is -0.307 e. The highest BCUT2D eigenvalue weighted by atomic mass is 16.1. The van der Waals surface area contributed by atoms with E-state index in [-0.39, 0.29) is 11.6 Å². The van der Waals surface area contributed by atoms with Crippen LogP contribution in [0.4, 0.5) is 0 Å². The van der Waals surface area contributed by atoms with Gasteiger partial charge in [0, 0.05) is 12.8 Å². The second-order valence-corrected chi connectivity index (χ2v) is 13.5. The van der Waals surface area contributed by atoms with E-state index in [1.807, 2.05) is 6.92 Å². The van der Waals surface area contributed by atoms with Crippen molar-refractivity contribution in [2.45, 2.75) is 213 Å². The maximum atomic E-state index is 12.9. The normalized spacial score (nSPS) is 12.9. The monoisotopic (exact) mass is 617 g/mol. The van der Waals surface area contributed by atoms with Crippen LogP contribution in [0.25, 0.3) is 0 Å². The Hall–Kier alpha value is -1.26. The first-order valence-electron chi connectivity index (χ1n) is 19.3. The lowest BCUT2D eigenvalue weighted by molar-refractivity contribution is -0.134. The Bertz CT molecular complexity index is 712. The summed E-state index contributed by atoms with van der Waals surface area (Å²) in [5.41, 5.74) is 11.1. The molecule has 0 aromatic carbocycles. The largest absolute Gasteiger partial charge is 0.307 e. The van der Waals surface area contributed by atoms with Crippen LogP contribution in [-0.2, 0) is 9.59 Å². The molecule has 44 heavy (non-hydrogen) atoms. The minimum absolute atomic E-state index is 0.0630. The molecule has 0 aliphatic heterocycles. The summed E-state index contributed by atoms with van der Waals surface area (Å²) in [5, 5.41) is 0. The molecule has 4 nitrogen and oxygen atoms in total. The highest BCUT2D eigenvalue weighted by Gasteiger charge is 2.40. The van der Waals surface area contributed by atoms with Gasteiger partial charge in [0.05, 0.1) is 5.92 Å². The van der Waals surface area contributed by atoms with Gasteiger partial charge in [0.25, 0.3) is 0 Å². The summed E-state index contributed by atoms with van der Waals surface area (Å²) in [6.45, 7) is 6.45. The van der Waals surface area contributed by atoms with Crippen LogP contribution < -0.4 is 11.5 Å². The number of Topliss-reactive ketones (excluding diaryl/α,β-unsaturated/α-hetero) is 2. The first kappa shape index (κ1) is 42.7. The molecule has 0 aromatic rings. The van der Waals surface area contributed by atoms with Crippen LogP contribution in [0, 0.1) is 5.92 Å². The Morgan fingerprint density at radius 1 is 0.477 bits per heavy atom. The van der Waals surface area contributed by atoms with Crippen molar-refractivity contribution < 1.29 is 9.59 Å². The van der Waals surface area contributed by atoms with Gasteiger partial charge in [0.1, 0.15) is 11.4 Å². The average Bonchev–Trinajstić information content (AvgIpc) is 3.01. The van der Waals surface area contributed by atoms with Crippen LogP contribution >= 0.6 is 0 Å². The molecule has 258 valence electrons. The molecule has 1 atom stereocenters. The maximum absolute atomic E-state index is 12.9. The molecule has 0 aliphatic carbocycles. The van der Waals surface area contributed by atoms with Crippen molar-refractivity contribution in [2.24, 2.45) is 17.4 Å². The molecule has 0 fully saturated rings. The summed E-state index contributed by atoms with van der Waals surface area (Å²) in [6.07, 6.45) is 42.7. The Morgan fingerprint density at radius 2 is 0.795 bits per heavy atom. The van der Waals surface area contributed by atoms with E-state index in [4.69, 9.17) is 11.5 Å². The fourth-order valence-electron chi connectivity index (χ4n) is 6.14. The highest BCUT2D eigenvalue weighted by Crippen LogP contribution is 2.22. The lowest BCUT2D eigenvalue weighted by atomic mass is 9.81. The Labute approximate surface area is 275 Å². The van der Waals surface area contributed by atoms with Crippen LogP contribution in [0.2, 0.25) is 0 Å². The summed E-state index contributed by atoms with van der Waals surface area (Å²) in [4.78, 5) is 25.8. The number of ketones is 2. The summed E-state index contributed by atoms with van der Waals surface area (Å²) in [5.74, 6) is -0.664. The zero-order valence-electron chi connectivity index (χ0n) is 29.9. The summed E-state index contributed by atoms with van der Waals surface area (Å²) in [6, 6.07) is 0. The van der Waals surface area contributed by atoms with Gasteiger partial charge in [0.2, 0.25) is 0 Å². The first-order chi connectivity index (χ1) is 21.4. The second-order valence-electron chi connectivity index (χ2n) is 13.5. The van der Waals surface area contributed by atoms with Crippen LogP contribution in [0.1, 0.15) is 207 Å². The number of carbonyl (C=O) groups excluding carboxylic acids is 2. The number of carbonyl (C=O) groups is 2. The van der Waals surface area contributed by atoms with Crippen molar-refractivity contribution >= 4 is 11.6 Å². The van der Waals surface area contributed by atoms with Crippen LogP contribution in [-0.4, -0.2) is 17.2 Å². The molecule has 4 heteroatoms. The van der Waals surface area contributed by atoms with E-state index in [1.165, 1.54) is 116 Å². The van der Waals surface area contributed by atoms with Gasteiger partial charge in [-0.2, -0.15) is 0 Å². The molecule has 0 spiro atoms. The molecule has 0 rings (SSSR count). The lowest BCUT2D eigenvalue weighted by Crippen LogP contribution is -2.63. The predicted octanol–water partition coefficient (Wildman–Crippen LogP) is 11.8. The quantitative estimate of drug-likeness (QED) is 0.0428. The van der Waals surface area contributed by atoms with Gasteiger partial charge in [-0.1, -0.05) is 148 Å². The van der Waals surface area contributed by atoms with Crippen molar-refractivity contribution in [1.29, 1.82) is 0 Å². The standard InChI is InChI=1S/C40H76N2O2/c1-4-7-9-11-13-15-17-19-21-23-25-27-29-31-33-35-38(43)37(6-3)40(41,42)39(44)36-34-32-30-28-26-24-22-20-18-16-14-12-10-8-5-2/h19-22,37H,4-18,23-36,41-42H2,1-3H3. The molecule has 0 heterocycles. The first-order valence-corrected chi connectivity index (χ1v) is 19.3. The van der Waals surface area contributed by atoms with Crippen LogP contribution in [0.3, 0.4) is 0 Å². The molecule has 0 amide bonds. The Kier molecular flexibility index (Phi) is 30.8. The molecule has 0 saturated heterocycles. The molecule has 0 bridgehead atoms. The van der Waals surface area contributed by atoms with Crippen molar-refractivity contribution in [3.8, 4) is 0 Å². The molecular weight excluding hydrogens is 540 g/mol. The zero-order valence-corrected chi connectivity index (χ0v) is 29.9. The van der Waals surface area contributed by atoms with Gasteiger partial charge in [-0.25, -0.2) is 0 Å². The molecule has 0 aliphatic rings. The zero-order chi connectivity index (χ0) is 32.6. The van der Waals surface area contributed by atoms with Crippen LogP contribution in [0.15, 0.2) is 24.3 Å². The number of allylic oxidation sites excluding steroid dienone is 4. The van der Waals surface area contributed by atoms with E-state index in [0.29, 0.717) is 19.3 Å². The fraction of sp³-hybridized carbons (Fsp3) is 0.850. The third-order valence-corrected chi connectivity index (χ3v) is 9.21. The lowest BCUT2D eigenvalue weighted by Gasteiger charge is -2.31. The minimum atomic E-state index is -1.53. The van der Waals surface area contributed by atoms with E-state index in [0.717, 1.165) is 51.4 Å². The number of nitrogens with two attached hydrogens (primary N) is 2. The average molecular weight is 617 g/mol. The Balaban J connectivity index is 3.89. The van der Waals surface area contributed by atoms with Gasteiger partial charge >= 0.3 is 0 Å². The van der Waals surface area contributed by atoms with Crippen molar-refractivity contribution in [2.75, 3.05) is 0 Å². The smallest absolute Gasteiger partial charge is 0.167 e. The van der Waals surface area contributed by atoms with Gasteiger partial charge < -0.3 is 11.5 Å². The third kappa shape index (κ3) is 25.0. The summed E-state index contributed by atoms with van der Waals surface area (Å²) in [7, 11) is 0. The van der Waals surface area contributed by atoms with E-state index < -0.39 is 11.6 Å². The summed E-state index contributed by atoms with van der Waals surface area (Å²) >= 11 is 0. The van der Waals surface area contributed by atoms with Gasteiger partial charge in [-0.15, -0.1) is 0 Å². The number of hydrogen-bond acceptors (Lipinski definition) is 4. The summed E-state index contributed by atoms with van der Waals surface area (Å²) < 4.78 is 0. The number of hydrogen-bond donors (Lipinski definition) is 2. The molecule has 0 saturated carbocycles.